The SMILES string of the molecule is O=C(Nc1c(F)c(F)c(F)c(F)c1F)c1ccc2[nH]c(C(=O)Nc3c(F)c(F)c(F)c(F)c3F)cc2c1. The normalized spacial score (nSPS) is 11.2. The number of anilines is 2. The number of amides is 2. The summed E-state index contributed by atoms with van der Waals surface area (Å²) in [7, 11) is 0. The molecule has 192 valence electrons. The van der Waals surface area contributed by atoms with E-state index < -0.39 is 87.1 Å². The van der Waals surface area contributed by atoms with Gasteiger partial charge in [0.2, 0.25) is 11.6 Å². The standard InChI is InChI=1S/C22H7F10N3O2/c23-9-11(25)15(29)19(16(30)12(9)26)34-21(36)5-1-2-7-6(3-5)4-8(33-7)22(37)35-20-17(31)13(27)10(24)14(28)18(20)32/h1-4,33H,(H,34,36)(H,35,37). The lowest BCUT2D eigenvalue weighted by atomic mass is 10.1. The van der Waals surface area contributed by atoms with Crippen LogP contribution in [0, 0.1) is 58.2 Å². The predicted octanol–water partition coefficient (Wildman–Crippen LogP) is 6.06. The Morgan fingerprint density at radius 2 is 0.946 bits per heavy atom. The summed E-state index contributed by atoms with van der Waals surface area (Å²) < 4.78 is 135. The number of halogens is 10. The average molecular weight is 535 g/mol. The third kappa shape index (κ3) is 4.21. The fourth-order valence-corrected chi connectivity index (χ4v) is 3.19. The van der Waals surface area contributed by atoms with Gasteiger partial charge in [-0.25, -0.2) is 43.9 Å². The first-order valence-electron chi connectivity index (χ1n) is 9.61. The largest absolute Gasteiger partial charge is 0.351 e. The Hall–Kier alpha value is -4.56. The number of aromatic nitrogens is 1. The second kappa shape index (κ2) is 9.15. The van der Waals surface area contributed by atoms with E-state index in [1.54, 1.807) is 5.32 Å². The van der Waals surface area contributed by atoms with E-state index >= 15 is 0 Å². The maximum absolute atomic E-state index is 13.8. The summed E-state index contributed by atoms with van der Waals surface area (Å²) in [5, 5.41) is 3.10. The number of H-pyrrole nitrogens is 1. The summed E-state index contributed by atoms with van der Waals surface area (Å²) >= 11 is 0. The molecule has 0 saturated heterocycles. The summed E-state index contributed by atoms with van der Waals surface area (Å²) in [5.41, 5.74) is -4.00. The number of aromatic amines is 1. The maximum atomic E-state index is 13.8. The molecule has 0 aliphatic heterocycles. The van der Waals surface area contributed by atoms with Gasteiger partial charge in [-0.1, -0.05) is 0 Å². The first kappa shape index (κ1) is 25.5. The van der Waals surface area contributed by atoms with Crippen molar-refractivity contribution in [3.05, 3.63) is 93.7 Å². The van der Waals surface area contributed by atoms with Crippen molar-refractivity contribution in [2.45, 2.75) is 0 Å². The van der Waals surface area contributed by atoms with E-state index in [9.17, 15) is 53.5 Å². The molecule has 15 heteroatoms. The lowest BCUT2D eigenvalue weighted by molar-refractivity contribution is 0.101. The molecule has 3 aromatic carbocycles. The Kier molecular flexibility index (Phi) is 6.31. The first-order valence-corrected chi connectivity index (χ1v) is 9.61. The van der Waals surface area contributed by atoms with Crippen LogP contribution >= 0.6 is 0 Å². The molecule has 1 aromatic heterocycles. The van der Waals surface area contributed by atoms with Gasteiger partial charge in [0, 0.05) is 16.5 Å². The minimum atomic E-state index is -2.43. The van der Waals surface area contributed by atoms with Crippen LogP contribution in [0.5, 0.6) is 0 Å². The minimum absolute atomic E-state index is 0.0209. The van der Waals surface area contributed by atoms with Crippen molar-refractivity contribution in [3.63, 3.8) is 0 Å². The van der Waals surface area contributed by atoms with Gasteiger partial charge in [0.25, 0.3) is 11.8 Å². The van der Waals surface area contributed by atoms with Crippen LogP contribution in [0.15, 0.2) is 24.3 Å². The number of hydrogen-bond acceptors (Lipinski definition) is 2. The fourth-order valence-electron chi connectivity index (χ4n) is 3.19. The monoisotopic (exact) mass is 535 g/mol. The molecular weight excluding hydrogens is 528 g/mol. The van der Waals surface area contributed by atoms with E-state index in [1.807, 2.05) is 0 Å². The Morgan fingerprint density at radius 3 is 1.41 bits per heavy atom. The van der Waals surface area contributed by atoms with Crippen molar-refractivity contribution in [1.29, 1.82) is 0 Å². The second-order valence-electron chi connectivity index (χ2n) is 7.28. The Labute approximate surface area is 197 Å². The van der Waals surface area contributed by atoms with Crippen molar-refractivity contribution >= 4 is 34.1 Å². The number of benzene rings is 3. The summed E-state index contributed by atoms with van der Waals surface area (Å²) in [5.74, 6) is -25.9. The van der Waals surface area contributed by atoms with Crippen molar-refractivity contribution in [1.82, 2.24) is 4.98 Å². The zero-order chi connectivity index (χ0) is 27.3. The molecule has 0 saturated carbocycles. The van der Waals surface area contributed by atoms with E-state index in [2.05, 4.69) is 4.98 Å². The molecule has 0 aliphatic carbocycles. The highest BCUT2D eigenvalue weighted by Gasteiger charge is 2.29. The highest BCUT2D eigenvalue weighted by molar-refractivity contribution is 6.09. The van der Waals surface area contributed by atoms with Crippen LogP contribution in [0.3, 0.4) is 0 Å². The second-order valence-corrected chi connectivity index (χ2v) is 7.28. The van der Waals surface area contributed by atoms with Crippen LogP contribution in [0.4, 0.5) is 55.3 Å². The van der Waals surface area contributed by atoms with Crippen molar-refractivity contribution < 1.29 is 53.5 Å². The van der Waals surface area contributed by atoms with Crippen LogP contribution in [0.2, 0.25) is 0 Å². The number of carbonyl (C=O) groups excluding carboxylic acids is 2. The Morgan fingerprint density at radius 1 is 0.541 bits per heavy atom. The van der Waals surface area contributed by atoms with Gasteiger partial charge in [0.15, 0.2) is 46.5 Å². The van der Waals surface area contributed by atoms with E-state index in [0.29, 0.717) is 0 Å². The molecule has 0 fully saturated rings. The maximum Gasteiger partial charge on any atom is 0.272 e. The number of nitrogens with one attached hydrogen (secondary N) is 3. The van der Waals surface area contributed by atoms with Gasteiger partial charge in [-0.2, -0.15) is 0 Å². The van der Waals surface area contributed by atoms with Gasteiger partial charge in [0.1, 0.15) is 17.1 Å². The molecule has 5 nitrogen and oxygen atoms in total. The number of carbonyl (C=O) groups is 2. The lowest BCUT2D eigenvalue weighted by Crippen LogP contribution is -2.17. The van der Waals surface area contributed by atoms with Gasteiger partial charge < -0.3 is 15.6 Å². The Balaban J connectivity index is 1.62. The molecule has 1 heterocycles. The lowest BCUT2D eigenvalue weighted by Gasteiger charge is -2.10. The smallest absolute Gasteiger partial charge is 0.272 e. The molecule has 0 spiro atoms. The summed E-state index contributed by atoms with van der Waals surface area (Å²) in [6, 6.07) is 4.14. The van der Waals surface area contributed by atoms with Gasteiger partial charge >= 0.3 is 0 Å². The van der Waals surface area contributed by atoms with Crippen LogP contribution < -0.4 is 10.6 Å². The molecule has 0 atom stereocenters. The minimum Gasteiger partial charge on any atom is -0.351 e. The summed E-state index contributed by atoms with van der Waals surface area (Å²) in [6.07, 6.45) is 0. The van der Waals surface area contributed by atoms with E-state index in [0.717, 1.165) is 24.3 Å². The topological polar surface area (TPSA) is 74.0 Å². The predicted molar refractivity (Wildman–Crippen MR) is 107 cm³/mol. The van der Waals surface area contributed by atoms with Crippen molar-refractivity contribution in [2.75, 3.05) is 10.6 Å². The van der Waals surface area contributed by atoms with Crippen molar-refractivity contribution in [3.8, 4) is 0 Å². The molecule has 2 amide bonds. The molecule has 0 radical (unpaired) electrons. The van der Waals surface area contributed by atoms with E-state index in [1.165, 1.54) is 5.32 Å². The van der Waals surface area contributed by atoms with Gasteiger partial charge in [-0.3, -0.25) is 9.59 Å². The third-order valence-corrected chi connectivity index (χ3v) is 5.02. The average Bonchev–Trinajstić information content (AvgIpc) is 3.32. The Bertz CT molecular complexity index is 1490. The molecule has 0 bridgehead atoms. The van der Waals surface area contributed by atoms with Gasteiger partial charge in [-0.05, 0) is 24.3 Å². The van der Waals surface area contributed by atoms with E-state index in [4.69, 9.17) is 0 Å². The number of fused-ring (bicyclic) bond motifs is 1. The molecular formula is C22H7F10N3O2. The van der Waals surface area contributed by atoms with E-state index in [-0.39, 0.29) is 16.5 Å². The molecule has 3 N–H and O–H groups in total. The first-order chi connectivity index (χ1) is 17.3. The molecule has 4 aromatic rings. The number of rotatable bonds is 4. The summed E-state index contributed by atoms with van der Waals surface area (Å²) in [4.78, 5) is 27.1. The van der Waals surface area contributed by atoms with Gasteiger partial charge in [0.05, 0.1) is 0 Å². The fraction of sp³-hybridized carbons (Fsp3) is 0. The third-order valence-electron chi connectivity index (χ3n) is 5.02. The van der Waals surface area contributed by atoms with Crippen LogP contribution in [0.1, 0.15) is 20.8 Å². The zero-order valence-electron chi connectivity index (χ0n) is 17.4. The quantitative estimate of drug-likeness (QED) is 0.169. The molecule has 0 unspecified atom stereocenters. The highest BCUT2D eigenvalue weighted by Crippen LogP contribution is 2.29. The van der Waals surface area contributed by atoms with Gasteiger partial charge in [-0.15, -0.1) is 0 Å². The highest BCUT2D eigenvalue weighted by atomic mass is 19.2. The van der Waals surface area contributed by atoms with Crippen LogP contribution in [-0.2, 0) is 0 Å². The van der Waals surface area contributed by atoms with Crippen molar-refractivity contribution in [2.24, 2.45) is 0 Å². The molecule has 37 heavy (non-hydrogen) atoms. The molecule has 4 rings (SSSR count). The zero-order valence-corrected chi connectivity index (χ0v) is 17.4. The number of hydrogen-bond donors (Lipinski definition) is 3. The van der Waals surface area contributed by atoms with Crippen LogP contribution in [-0.4, -0.2) is 16.8 Å². The molecule has 0 aliphatic rings. The van der Waals surface area contributed by atoms with Crippen LogP contribution in [0.25, 0.3) is 10.9 Å². The summed E-state index contributed by atoms with van der Waals surface area (Å²) in [6.45, 7) is 0.